The third kappa shape index (κ3) is 3.13. The van der Waals surface area contributed by atoms with E-state index in [0.717, 1.165) is 32.1 Å². The molecule has 4 aromatic rings. The molecule has 0 spiro atoms. The van der Waals surface area contributed by atoms with Gasteiger partial charge in [-0.3, -0.25) is 14.2 Å². The van der Waals surface area contributed by atoms with Crippen molar-refractivity contribution in [1.82, 2.24) is 4.57 Å². The van der Waals surface area contributed by atoms with Crippen molar-refractivity contribution < 1.29 is 9.21 Å². The van der Waals surface area contributed by atoms with Crippen molar-refractivity contribution in [3.05, 3.63) is 81.2 Å². The summed E-state index contributed by atoms with van der Waals surface area (Å²) in [6.07, 6.45) is 5.56. The second-order valence-corrected chi connectivity index (χ2v) is 11.8. The van der Waals surface area contributed by atoms with Gasteiger partial charge in [-0.05, 0) is 60.6 Å². The van der Waals surface area contributed by atoms with E-state index in [1.807, 2.05) is 60.3 Å². The van der Waals surface area contributed by atoms with Crippen molar-refractivity contribution in [3.63, 3.8) is 0 Å². The van der Waals surface area contributed by atoms with Crippen LogP contribution in [0.3, 0.4) is 0 Å². The number of carbonyl (C=O) groups excluding carboxylic acids is 1. The van der Waals surface area contributed by atoms with Gasteiger partial charge in [0.05, 0.1) is 22.1 Å². The van der Waals surface area contributed by atoms with Gasteiger partial charge < -0.3 is 9.73 Å². The van der Waals surface area contributed by atoms with E-state index >= 15 is 0 Å². The summed E-state index contributed by atoms with van der Waals surface area (Å²) in [6.45, 7) is 0.0250. The van der Waals surface area contributed by atoms with Crippen LogP contribution in [0.5, 0.6) is 0 Å². The number of hydrogen-bond acceptors (Lipinski definition) is 5. The SMILES string of the molecule is O=C(Cn1c2c(sc1=O)[C@@H](c1ccco1)C1C3CCC(C3)C1S2)Nc1cccc2ccccc12. The summed E-state index contributed by atoms with van der Waals surface area (Å²) in [5.41, 5.74) is 0.773. The van der Waals surface area contributed by atoms with Crippen molar-refractivity contribution in [1.29, 1.82) is 0 Å². The van der Waals surface area contributed by atoms with Crippen LogP contribution in [0, 0.1) is 17.8 Å². The molecule has 1 N–H and O–H groups in total. The molecule has 2 bridgehead atoms. The first kappa shape index (κ1) is 20.6. The summed E-state index contributed by atoms with van der Waals surface area (Å²) < 4.78 is 7.60. The van der Waals surface area contributed by atoms with E-state index < -0.39 is 0 Å². The highest BCUT2D eigenvalue weighted by Gasteiger charge is 2.55. The summed E-state index contributed by atoms with van der Waals surface area (Å²) in [5.74, 6) is 2.80. The van der Waals surface area contributed by atoms with Crippen LogP contribution < -0.4 is 10.2 Å². The van der Waals surface area contributed by atoms with E-state index in [1.165, 1.54) is 30.6 Å². The highest BCUT2D eigenvalue weighted by atomic mass is 32.2. The maximum absolute atomic E-state index is 13.2. The zero-order valence-corrected chi connectivity index (χ0v) is 20.1. The molecule has 172 valence electrons. The fourth-order valence-corrected chi connectivity index (χ4v) is 9.67. The van der Waals surface area contributed by atoms with Crippen molar-refractivity contribution in [2.75, 3.05) is 5.32 Å². The van der Waals surface area contributed by atoms with Gasteiger partial charge in [-0.25, -0.2) is 0 Å². The first-order valence-corrected chi connectivity index (χ1v) is 13.6. The van der Waals surface area contributed by atoms with Gasteiger partial charge in [-0.15, -0.1) is 11.8 Å². The zero-order valence-electron chi connectivity index (χ0n) is 18.5. The minimum atomic E-state index is -0.177. The maximum atomic E-state index is 13.2. The molecular formula is C27H24N2O3S2. The summed E-state index contributed by atoms with van der Waals surface area (Å²) in [6, 6.07) is 17.9. The monoisotopic (exact) mass is 488 g/mol. The van der Waals surface area contributed by atoms with E-state index in [0.29, 0.717) is 23.0 Å². The number of anilines is 1. The molecule has 5 atom stereocenters. The number of amides is 1. The minimum absolute atomic E-state index is 0.0250. The quantitative estimate of drug-likeness (QED) is 0.386. The lowest BCUT2D eigenvalue weighted by molar-refractivity contribution is -0.116. The van der Waals surface area contributed by atoms with E-state index in [4.69, 9.17) is 4.42 Å². The van der Waals surface area contributed by atoms with Crippen LogP contribution in [0.1, 0.15) is 35.8 Å². The highest BCUT2D eigenvalue weighted by Crippen LogP contribution is 2.64. The average Bonchev–Trinajstić information content (AvgIpc) is 3.64. The lowest BCUT2D eigenvalue weighted by atomic mass is 9.77. The van der Waals surface area contributed by atoms with E-state index in [2.05, 4.69) is 11.4 Å². The van der Waals surface area contributed by atoms with Gasteiger partial charge in [0.25, 0.3) is 0 Å². The predicted molar refractivity (Wildman–Crippen MR) is 136 cm³/mol. The molecule has 7 heteroatoms. The number of rotatable bonds is 4. The summed E-state index contributed by atoms with van der Waals surface area (Å²) in [7, 11) is 0. The van der Waals surface area contributed by atoms with E-state index in [-0.39, 0.29) is 23.2 Å². The third-order valence-electron chi connectivity index (χ3n) is 7.91. The molecule has 2 aromatic carbocycles. The number of nitrogens with one attached hydrogen (secondary N) is 1. The molecule has 5 nitrogen and oxygen atoms in total. The Balaban J connectivity index is 1.24. The Morgan fingerprint density at radius 3 is 2.79 bits per heavy atom. The van der Waals surface area contributed by atoms with Gasteiger partial charge in [0.1, 0.15) is 12.3 Å². The molecule has 2 fully saturated rings. The van der Waals surface area contributed by atoms with Gasteiger partial charge in [0, 0.05) is 16.3 Å². The van der Waals surface area contributed by atoms with Crippen LogP contribution in [0.25, 0.3) is 10.8 Å². The van der Waals surface area contributed by atoms with Gasteiger partial charge in [-0.2, -0.15) is 0 Å². The number of furan rings is 1. The van der Waals surface area contributed by atoms with Gasteiger partial charge in [0.2, 0.25) is 5.91 Å². The molecule has 7 rings (SSSR count). The van der Waals surface area contributed by atoms with E-state index in [1.54, 1.807) is 10.8 Å². The Hall–Kier alpha value is -2.77. The van der Waals surface area contributed by atoms with Crippen LogP contribution in [-0.4, -0.2) is 15.7 Å². The second kappa shape index (κ2) is 7.89. The number of hydrogen-bond donors (Lipinski definition) is 1. The predicted octanol–water partition coefficient (Wildman–Crippen LogP) is 5.95. The Labute approximate surface area is 205 Å². The molecule has 1 aliphatic heterocycles. The lowest BCUT2D eigenvalue weighted by Gasteiger charge is -2.39. The van der Waals surface area contributed by atoms with Crippen LogP contribution in [0.2, 0.25) is 0 Å². The molecule has 0 saturated heterocycles. The van der Waals surface area contributed by atoms with E-state index in [9.17, 15) is 9.59 Å². The summed E-state index contributed by atoms with van der Waals surface area (Å²) >= 11 is 3.14. The molecule has 3 heterocycles. The zero-order chi connectivity index (χ0) is 22.8. The molecule has 0 radical (unpaired) electrons. The molecule has 2 aromatic heterocycles. The topological polar surface area (TPSA) is 64.2 Å². The lowest BCUT2D eigenvalue weighted by Crippen LogP contribution is -2.34. The molecule has 2 aliphatic carbocycles. The van der Waals surface area contributed by atoms with Crippen LogP contribution in [0.4, 0.5) is 5.69 Å². The summed E-state index contributed by atoms with van der Waals surface area (Å²) in [5, 5.41) is 6.58. The first-order chi connectivity index (χ1) is 16.7. The molecule has 34 heavy (non-hydrogen) atoms. The van der Waals surface area contributed by atoms with Gasteiger partial charge in [-0.1, -0.05) is 47.7 Å². The molecule has 4 unspecified atom stereocenters. The Kier molecular flexibility index (Phi) is 4.78. The molecule has 3 aliphatic rings. The Morgan fingerprint density at radius 2 is 1.91 bits per heavy atom. The number of thiazole rings is 1. The largest absolute Gasteiger partial charge is 0.469 e. The van der Waals surface area contributed by atoms with Crippen molar-refractivity contribution >= 4 is 45.5 Å². The number of aromatic nitrogens is 1. The molecule has 1 amide bonds. The number of thioether (sulfide) groups is 1. The van der Waals surface area contributed by atoms with Gasteiger partial charge in [0.15, 0.2) is 0 Å². The Bertz CT molecular complexity index is 1450. The third-order valence-corrected chi connectivity index (χ3v) is 10.7. The second-order valence-electron chi connectivity index (χ2n) is 9.68. The van der Waals surface area contributed by atoms with Crippen molar-refractivity contribution in [3.8, 4) is 0 Å². The van der Waals surface area contributed by atoms with Crippen LogP contribution in [-0.2, 0) is 11.3 Å². The van der Waals surface area contributed by atoms with Crippen molar-refractivity contribution in [2.45, 2.75) is 42.0 Å². The highest BCUT2D eigenvalue weighted by molar-refractivity contribution is 8.00. The number of carbonyl (C=O) groups is 1. The normalized spacial score (nSPS) is 27.0. The standard InChI is InChI=1S/C27H24N2O3S2/c30-21(28-19-8-3-6-15-5-1-2-7-18(15)19)14-29-26-25(34-27(29)31)23(20-9-4-12-32-20)22-16-10-11-17(13-16)24(22)33-26/h1-9,12,16-17,22-24H,10-11,13-14H2,(H,28,30)/t16?,17?,22?,23-,24?/m0/s1. The Morgan fingerprint density at radius 1 is 1.06 bits per heavy atom. The van der Waals surface area contributed by atoms with Gasteiger partial charge >= 0.3 is 4.87 Å². The molecule has 2 saturated carbocycles. The minimum Gasteiger partial charge on any atom is -0.469 e. The summed E-state index contributed by atoms with van der Waals surface area (Å²) in [4.78, 5) is 27.3. The molecular weight excluding hydrogens is 464 g/mol. The smallest absolute Gasteiger partial charge is 0.308 e. The number of benzene rings is 2. The number of fused-ring (bicyclic) bond motifs is 7. The maximum Gasteiger partial charge on any atom is 0.308 e. The van der Waals surface area contributed by atoms with Crippen LogP contribution >= 0.6 is 23.1 Å². The fraction of sp³-hybridized carbons (Fsp3) is 0.333. The van der Waals surface area contributed by atoms with Crippen LogP contribution in [0.15, 0.2) is 75.1 Å². The van der Waals surface area contributed by atoms with Crippen molar-refractivity contribution in [2.24, 2.45) is 17.8 Å². The first-order valence-electron chi connectivity index (χ1n) is 11.9. The fourth-order valence-electron chi connectivity index (χ4n) is 6.54. The average molecular weight is 489 g/mol. The number of nitrogens with zero attached hydrogens (tertiary/aromatic N) is 1.